The lowest BCUT2D eigenvalue weighted by molar-refractivity contribution is -0.118. The third-order valence-corrected chi connectivity index (χ3v) is 5.19. The molecule has 0 spiro atoms. The first-order valence-corrected chi connectivity index (χ1v) is 10.2. The molecule has 0 saturated carbocycles. The molecule has 0 fully saturated rings. The van der Waals surface area contributed by atoms with E-state index in [0.29, 0.717) is 41.6 Å². The first-order chi connectivity index (χ1) is 14.8. The number of anilines is 2. The zero-order chi connectivity index (χ0) is 22.5. The fourth-order valence-corrected chi connectivity index (χ4v) is 3.59. The Labute approximate surface area is 179 Å². The van der Waals surface area contributed by atoms with Crippen molar-refractivity contribution in [2.24, 2.45) is 5.73 Å². The highest BCUT2D eigenvalue weighted by molar-refractivity contribution is 6.17. The quantitative estimate of drug-likeness (QED) is 0.144. The molecule has 1 aromatic heterocycles. The average Bonchev–Trinajstić information content (AvgIpc) is 3.08. The van der Waals surface area contributed by atoms with Gasteiger partial charge >= 0.3 is 0 Å². The van der Waals surface area contributed by atoms with E-state index in [0.717, 1.165) is 18.4 Å². The maximum Gasteiger partial charge on any atom is 0.217 e. The summed E-state index contributed by atoms with van der Waals surface area (Å²) in [5.74, 6) is -0.560. The number of furan rings is 1. The largest absolute Gasteiger partial charge is 0.504 e. The van der Waals surface area contributed by atoms with Crippen LogP contribution in [0.3, 0.4) is 0 Å². The van der Waals surface area contributed by atoms with E-state index in [1.54, 1.807) is 0 Å². The molecular weight excluding hydrogens is 398 g/mol. The smallest absolute Gasteiger partial charge is 0.217 e. The SMILES string of the molecule is NC(=O)CCCc1oc2cc(CCCCO)ccc2c1C(=O)c1cc(N)c(O)c(N)c1. The van der Waals surface area contributed by atoms with Gasteiger partial charge in [0.2, 0.25) is 5.91 Å². The van der Waals surface area contributed by atoms with Crippen molar-refractivity contribution in [3.05, 3.63) is 52.8 Å². The van der Waals surface area contributed by atoms with Gasteiger partial charge in [-0.15, -0.1) is 0 Å². The van der Waals surface area contributed by atoms with Crippen LogP contribution in [-0.4, -0.2) is 28.5 Å². The van der Waals surface area contributed by atoms with E-state index in [2.05, 4.69) is 0 Å². The molecule has 3 rings (SSSR count). The lowest BCUT2D eigenvalue weighted by Crippen LogP contribution is -2.11. The van der Waals surface area contributed by atoms with Gasteiger partial charge in [-0.1, -0.05) is 12.1 Å². The van der Waals surface area contributed by atoms with Gasteiger partial charge in [0.25, 0.3) is 0 Å². The van der Waals surface area contributed by atoms with Gasteiger partial charge in [0.15, 0.2) is 11.5 Å². The van der Waals surface area contributed by atoms with Gasteiger partial charge in [-0.05, 0) is 49.4 Å². The zero-order valence-corrected chi connectivity index (χ0v) is 17.2. The summed E-state index contributed by atoms with van der Waals surface area (Å²) >= 11 is 0. The molecule has 0 atom stereocenters. The molecule has 0 radical (unpaired) electrons. The number of phenols is 1. The molecule has 31 heavy (non-hydrogen) atoms. The van der Waals surface area contributed by atoms with Gasteiger partial charge in [0.1, 0.15) is 11.3 Å². The van der Waals surface area contributed by atoms with E-state index < -0.39 is 5.91 Å². The highest BCUT2D eigenvalue weighted by atomic mass is 16.3. The normalized spacial score (nSPS) is 11.1. The number of benzene rings is 2. The van der Waals surface area contributed by atoms with Gasteiger partial charge < -0.3 is 31.8 Å². The summed E-state index contributed by atoms with van der Waals surface area (Å²) in [4.78, 5) is 24.5. The van der Waals surface area contributed by atoms with Crippen LogP contribution in [0.25, 0.3) is 11.0 Å². The Bertz CT molecular complexity index is 1100. The molecule has 0 unspecified atom stereocenters. The van der Waals surface area contributed by atoms with Crippen LogP contribution in [0.4, 0.5) is 11.4 Å². The monoisotopic (exact) mass is 425 g/mol. The molecule has 1 heterocycles. The van der Waals surface area contributed by atoms with E-state index >= 15 is 0 Å². The fraction of sp³-hybridized carbons (Fsp3) is 0.304. The summed E-state index contributed by atoms with van der Waals surface area (Å²) in [6.07, 6.45) is 3.31. The molecular formula is C23H27N3O5. The second-order valence-electron chi connectivity index (χ2n) is 7.56. The number of aliphatic hydroxyl groups is 1. The molecule has 0 aliphatic rings. The summed E-state index contributed by atoms with van der Waals surface area (Å²) in [5.41, 5.74) is 19.0. The molecule has 8 nitrogen and oxygen atoms in total. The number of phenolic OH excluding ortho intramolecular Hbond substituents is 1. The molecule has 0 aliphatic heterocycles. The number of carbonyl (C=O) groups is 2. The molecule has 2 aromatic carbocycles. The van der Waals surface area contributed by atoms with Crippen molar-refractivity contribution in [2.75, 3.05) is 18.1 Å². The van der Waals surface area contributed by atoms with Gasteiger partial charge in [-0.25, -0.2) is 0 Å². The summed E-state index contributed by atoms with van der Waals surface area (Å²) < 4.78 is 6.02. The predicted molar refractivity (Wildman–Crippen MR) is 119 cm³/mol. The predicted octanol–water partition coefficient (Wildman–Crippen LogP) is 2.66. The maximum absolute atomic E-state index is 13.4. The van der Waals surface area contributed by atoms with Crippen molar-refractivity contribution >= 4 is 34.0 Å². The Balaban J connectivity index is 2.03. The third-order valence-electron chi connectivity index (χ3n) is 5.19. The van der Waals surface area contributed by atoms with Crippen molar-refractivity contribution in [1.29, 1.82) is 0 Å². The number of unbranched alkanes of at least 4 members (excludes halogenated alkanes) is 1. The number of aryl methyl sites for hydroxylation is 2. The van der Waals surface area contributed by atoms with Crippen molar-refractivity contribution in [1.82, 2.24) is 0 Å². The molecule has 1 amide bonds. The number of hydrogen-bond acceptors (Lipinski definition) is 7. The van der Waals surface area contributed by atoms with Gasteiger partial charge in [-0.3, -0.25) is 9.59 Å². The van der Waals surface area contributed by atoms with E-state index in [-0.39, 0.29) is 41.5 Å². The van der Waals surface area contributed by atoms with Gasteiger partial charge in [0.05, 0.1) is 16.9 Å². The van der Waals surface area contributed by atoms with Crippen molar-refractivity contribution in [3.63, 3.8) is 0 Å². The lowest BCUT2D eigenvalue weighted by atomic mass is 9.96. The summed E-state index contributed by atoms with van der Waals surface area (Å²) in [6.45, 7) is 0.143. The van der Waals surface area contributed by atoms with Crippen LogP contribution in [0.15, 0.2) is 34.7 Å². The first kappa shape index (κ1) is 22.2. The van der Waals surface area contributed by atoms with E-state index in [9.17, 15) is 14.7 Å². The number of aromatic hydroxyl groups is 1. The molecule has 0 bridgehead atoms. The van der Waals surface area contributed by atoms with E-state index in [4.69, 9.17) is 26.7 Å². The topological polar surface area (TPSA) is 166 Å². The Morgan fingerprint density at radius 2 is 1.68 bits per heavy atom. The second-order valence-corrected chi connectivity index (χ2v) is 7.56. The van der Waals surface area contributed by atoms with Crippen LogP contribution in [0.1, 0.15) is 52.9 Å². The van der Waals surface area contributed by atoms with Gasteiger partial charge in [0, 0.05) is 30.4 Å². The highest BCUT2D eigenvalue weighted by Crippen LogP contribution is 2.34. The second kappa shape index (κ2) is 9.53. The average molecular weight is 425 g/mol. The third kappa shape index (κ3) is 4.97. The van der Waals surface area contributed by atoms with Crippen molar-refractivity contribution in [2.45, 2.75) is 38.5 Å². The number of ketones is 1. The minimum absolute atomic E-state index is 0.0117. The number of carbonyl (C=O) groups excluding carboxylic acids is 2. The maximum atomic E-state index is 13.4. The number of amides is 1. The Kier molecular flexibility index (Phi) is 6.81. The summed E-state index contributed by atoms with van der Waals surface area (Å²) in [5, 5.41) is 19.4. The fourth-order valence-electron chi connectivity index (χ4n) is 3.59. The number of rotatable bonds is 10. The number of primary amides is 1. The van der Waals surface area contributed by atoms with Crippen LogP contribution >= 0.6 is 0 Å². The van der Waals surface area contributed by atoms with Crippen LogP contribution < -0.4 is 17.2 Å². The van der Waals surface area contributed by atoms with Crippen LogP contribution in [0, 0.1) is 0 Å². The number of hydrogen-bond donors (Lipinski definition) is 5. The molecule has 3 aromatic rings. The number of nitrogens with two attached hydrogens (primary N) is 3. The Morgan fingerprint density at radius 1 is 0.968 bits per heavy atom. The number of nitrogen functional groups attached to an aromatic ring is 2. The van der Waals surface area contributed by atoms with Crippen LogP contribution in [-0.2, 0) is 17.6 Å². The zero-order valence-electron chi connectivity index (χ0n) is 17.2. The minimum atomic E-state index is -0.422. The van der Waals surface area contributed by atoms with E-state index in [1.807, 2.05) is 18.2 Å². The number of aliphatic hydroxyl groups excluding tert-OH is 1. The first-order valence-electron chi connectivity index (χ1n) is 10.2. The van der Waals surface area contributed by atoms with Crippen LogP contribution in [0.2, 0.25) is 0 Å². The summed E-state index contributed by atoms with van der Waals surface area (Å²) in [7, 11) is 0. The van der Waals surface area contributed by atoms with Gasteiger partial charge in [-0.2, -0.15) is 0 Å². The van der Waals surface area contributed by atoms with Crippen molar-refractivity contribution in [3.8, 4) is 5.75 Å². The molecule has 0 saturated heterocycles. The minimum Gasteiger partial charge on any atom is -0.504 e. The standard InChI is InChI=1S/C23H27N3O5/c24-16-11-14(12-17(25)23(16)30)22(29)21-15-8-7-13(4-1-2-9-27)10-19(15)31-18(21)5-3-6-20(26)28/h7-8,10-12,27,30H,1-6,9,24-25H2,(H2,26,28). The number of fused-ring (bicyclic) bond motifs is 1. The van der Waals surface area contributed by atoms with Crippen molar-refractivity contribution < 1.29 is 24.2 Å². The molecule has 164 valence electrons. The lowest BCUT2D eigenvalue weighted by Gasteiger charge is -2.08. The molecule has 0 aliphatic carbocycles. The molecule has 8 N–H and O–H groups in total. The summed E-state index contributed by atoms with van der Waals surface area (Å²) in [6, 6.07) is 8.41. The Morgan fingerprint density at radius 3 is 2.32 bits per heavy atom. The Hall–Kier alpha value is -3.52. The highest BCUT2D eigenvalue weighted by Gasteiger charge is 2.23. The van der Waals surface area contributed by atoms with E-state index in [1.165, 1.54) is 12.1 Å². The van der Waals surface area contributed by atoms with Crippen LogP contribution in [0.5, 0.6) is 5.75 Å². The molecule has 8 heteroatoms.